The van der Waals surface area contributed by atoms with Gasteiger partial charge in [-0.25, -0.2) is 4.98 Å². The second-order valence-electron chi connectivity index (χ2n) is 3.38. The zero-order chi connectivity index (χ0) is 12.0. The van der Waals surface area contributed by atoms with E-state index in [0.717, 1.165) is 5.56 Å². The average Bonchev–Trinajstić information content (AvgIpc) is 2.29. The number of pyridine rings is 1. The number of carbonyl (C=O) groups is 1. The fourth-order valence-corrected chi connectivity index (χ4v) is 2.14. The summed E-state index contributed by atoms with van der Waals surface area (Å²) in [5.41, 5.74) is 1.27. The molecule has 5 heteroatoms. The first-order valence-electron chi connectivity index (χ1n) is 4.79. The molecule has 0 aliphatic carbocycles. The normalized spacial score (nSPS) is 11.8. The number of aliphatic carboxylic acids is 1. The van der Waals surface area contributed by atoms with Crippen molar-refractivity contribution in [1.29, 1.82) is 5.26 Å². The largest absolute Gasteiger partial charge is 0.481 e. The van der Waals surface area contributed by atoms with E-state index in [2.05, 4.69) is 4.98 Å². The molecule has 0 amide bonds. The summed E-state index contributed by atoms with van der Waals surface area (Å²) in [6, 6.07) is 5.63. The highest BCUT2D eigenvalue weighted by Gasteiger charge is 2.11. The third kappa shape index (κ3) is 3.55. The number of aromatic nitrogens is 1. The lowest BCUT2D eigenvalue weighted by molar-refractivity contribution is -0.140. The summed E-state index contributed by atoms with van der Waals surface area (Å²) in [5, 5.41) is 17.5. The zero-order valence-electron chi connectivity index (χ0n) is 8.88. The Morgan fingerprint density at radius 1 is 1.75 bits per heavy atom. The molecule has 1 N–H and O–H groups in total. The number of nitriles is 1. The van der Waals surface area contributed by atoms with Crippen LogP contribution in [0.4, 0.5) is 0 Å². The van der Waals surface area contributed by atoms with Crippen LogP contribution >= 0.6 is 11.8 Å². The van der Waals surface area contributed by atoms with Crippen molar-refractivity contribution in [2.75, 3.05) is 5.75 Å². The molecule has 4 nitrogen and oxygen atoms in total. The van der Waals surface area contributed by atoms with Gasteiger partial charge in [-0.15, -0.1) is 0 Å². The van der Waals surface area contributed by atoms with E-state index in [1.54, 1.807) is 19.2 Å². The molecule has 16 heavy (non-hydrogen) atoms. The molecule has 0 aromatic carbocycles. The number of hydrogen-bond donors (Lipinski definition) is 1. The summed E-state index contributed by atoms with van der Waals surface area (Å²) in [5.74, 6) is -0.00454. The Morgan fingerprint density at radius 3 is 3.12 bits per heavy atom. The predicted molar refractivity (Wildman–Crippen MR) is 61.9 cm³/mol. The van der Waals surface area contributed by atoms with Gasteiger partial charge in [0.2, 0.25) is 0 Å². The second kappa shape index (κ2) is 6.13. The summed E-state index contributed by atoms with van der Waals surface area (Å²) in [6.45, 7) is 1.67. The van der Waals surface area contributed by atoms with Gasteiger partial charge in [-0.3, -0.25) is 4.79 Å². The Hall–Kier alpha value is -1.54. The molecule has 1 aromatic heterocycles. The number of carboxylic acid groups (broad SMARTS) is 1. The Bertz CT molecular complexity index is 415. The number of hydrogen-bond acceptors (Lipinski definition) is 4. The number of thioether (sulfide) groups is 1. The minimum atomic E-state index is -0.792. The molecule has 0 aliphatic heterocycles. The Balaban J connectivity index is 2.49. The minimum absolute atomic E-state index is 0.368. The minimum Gasteiger partial charge on any atom is -0.481 e. The van der Waals surface area contributed by atoms with Gasteiger partial charge in [0.15, 0.2) is 0 Å². The van der Waals surface area contributed by atoms with Crippen molar-refractivity contribution in [3.8, 4) is 6.07 Å². The van der Waals surface area contributed by atoms with Crippen molar-refractivity contribution in [2.24, 2.45) is 5.92 Å². The van der Waals surface area contributed by atoms with Crippen LogP contribution in [0.15, 0.2) is 18.3 Å². The second-order valence-corrected chi connectivity index (χ2v) is 4.41. The van der Waals surface area contributed by atoms with E-state index in [9.17, 15) is 4.79 Å². The smallest absolute Gasteiger partial charge is 0.307 e. The highest BCUT2D eigenvalue weighted by molar-refractivity contribution is 7.98. The fraction of sp³-hybridized carbons (Fsp3) is 0.364. The number of rotatable bonds is 5. The fourth-order valence-electron chi connectivity index (χ4n) is 1.07. The van der Waals surface area contributed by atoms with Crippen molar-refractivity contribution >= 4 is 17.7 Å². The topological polar surface area (TPSA) is 74.0 Å². The van der Waals surface area contributed by atoms with E-state index in [-0.39, 0.29) is 5.92 Å². The maximum absolute atomic E-state index is 10.6. The van der Waals surface area contributed by atoms with Gasteiger partial charge >= 0.3 is 5.97 Å². The molecule has 0 saturated carbocycles. The van der Waals surface area contributed by atoms with Gasteiger partial charge in [0.25, 0.3) is 0 Å². The molecule has 0 radical (unpaired) electrons. The van der Waals surface area contributed by atoms with E-state index >= 15 is 0 Å². The Labute approximate surface area is 98.3 Å². The summed E-state index contributed by atoms with van der Waals surface area (Å²) in [7, 11) is 0. The van der Waals surface area contributed by atoms with Crippen LogP contribution in [0, 0.1) is 17.2 Å². The molecule has 0 spiro atoms. The number of nitrogens with zero attached hydrogens (tertiary/aromatic N) is 2. The van der Waals surface area contributed by atoms with Crippen molar-refractivity contribution in [3.05, 3.63) is 29.6 Å². The third-order valence-corrected chi connectivity index (χ3v) is 3.29. The van der Waals surface area contributed by atoms with E-state index in [1.165, 1.54) is 11.8 Å². The van der Waals surface area contributed by atoms with Gasteiger partial charge in [0.05, 0.1) is 5.92 Å². The van der Waals surface area contributed by atoms with Crippen molar-refractivity contribution in [3.63, 3.8) is 0 Å². The lowest BCUT2D eigenvalue weighted by Crippen LogP contribution is -2.11. The van der Waals surface area contributed by atoms with Crippen LogP contribution in [-0.4, -0.2) is 21.8 Å². The van der Waals surface area contributed by atoms with Gasteiger partial charge in [-0.1, -0.05) is 13.0 Å². The highest BCUT2D eigenvalue weighted by Crippen LogP contribution is 2.17. The average molecular weight is 236 g/mol. The van der Waals surface area contributed by atoms with Crippen LogP contribution in [0.2, 0.25) is 0 Å². The maximum Gasteiger partial charge on any atom is 0.307 e. The van der Waals surface area contributed by atoms with Crippen LogP contribution in [0.3, 0.4) is 0 Å². The monoisotopic (exact) mass is 236 g/mol. The van der Waals surface area contributed by atoms with Crippen LogP contribution in [0.5, 0.6) is 0 Å². The summed E-state index contributed by atoms with van der Waals surface area (Å²) >= 11 is 1.50. The first-order valence-corrected chi connectivity index (χ1v) is 5.95. The first-order chi connectivity index (χ1) is 7.65. The van der Waals surface area contributed by atoms with E-state index < -0.39 is 5.97 Å². The molecule has 0 saturated heterocycles. The van der Waals surface area contributed by atoms with E-state index in [1.807, 2.05) is 12.1 Å². The molecular formula is C11H12N2O2S. The molecule has 0 bridgehead atoms. The van der Waals surface area contributed by atoms with Crippen LogP contribution in [0.25, 0.3) is 0 Å². The van der Waals surface area contributed by atoms with Gasteiger partial charge in [-0.05, 0) is 11.6 Å². The standard InChI is InChI=1S/C11H12N2O2S/c1-8(11(14)15)6-16-7-9-3-2-4-13-10(9)5-12/h2-4,8H,6-7H2,1H3,(H,14,15). The third-order valence-electron chi connectivity index (χ3n) is 2.04. The SMILES string of the molecule is CC(CSCc1cccnc1C#N)C(=O)O. The highest BCUT2D eigenvalue weighted by atomic mass is 32.2. The molecule has 1 heterocycles. The molecular weight excluding hydrogens is 224 g/mol. The summed E-state index contributed by atoms with van der Waals surface area (Å²) < 4.78 is 0. The molecule has 0 aliphatic rings. The van der Waals surface area contributed by atoms with Crippen molar-refractivity contribution < 1.29 is 9.90 Å². The van der Waals surface area contributed by atoms with E-state index in [4.69, 9.17) is 10.4 Å². The molecule has 1 atom stereocenters. The Kier molecular flexibility index (Phi) is 4.80. The van der Waals surface area contributed by atoms with E-state index in [0.29, 0.717) is 17.2 Å². The molecule has 1 unspecified atom stereocenters. The van der Waals surface area contributed by atoms with Crippen LogP contribution in [-0.2, 0) is 10.5 Å². The van der Waals surface area contributed by atoms with Crippen LogP contribution in [0.1, 0.15) is 18.2 Å². The molecule has 0 fully saturated rings. The van der Waals surface area contributed by atoms with Crippen molar-refractivity contribution in [2.45, 2.75) is 12.7 Å². The van der Waals surface area contributed by atoms with Crippen molar-refractivity contribution in [1.82, 2.24) is 4.98 Å². The maximum atomic E-state index is 10.6. The predicted octanol–water partition coefficient (Wildman–Crippen LogP) is 1.91. The molecule has 1 rings (SSSR count). The Morgan fingerprint density at radius 2 is 2.50 bits per heavy atom. The lowest BCUT2D eigenvalue weighted by Gasteiger charge is -2.06. The first kappa shape index (κ1) is 12.5. The van der Waals surface area contributed by atoms with Crippen LogP contribution < -0.4 is 0 Å². The van der Waals surface area contributed by atoms with Gasteiger partial charge < -0.3 is 5.11 Å². The summed E-state index contributed by atoms with van der Waals surface area (Å²) in [4.78, 5) is 14.5. The quantitative estimate of drug-likeness (QED) is 0.845. The molecule has 84 valence electrons. The van der Waals surface area contributed by atoms with Gasteiger partial charge in [-0.2, -0.15) is 17.0 Å². The van der Waals surface area contributed by atoms with Gasteiger partial charge in [0, 0.05) is 17.7 Å². The summed E-state index contributed by atoms with van der Waals surface area (Å²) in [6.07, 6.45) is 1.58. The molecule has 1 aromatic rings. The lowest BCUT2D eigenvalue weighted by atomic mass is 10.2. The van der Waals surface area contributed by atoms with Gasteiger partial charge in [0.1, 0.15) is 11.8 Å². The zero-order valence-corrected chi connectivity index (χ0v) is 9.70. The number of carboxylic acids is 1.